The number of aliphatic hydroxyl groups excluding tert-OH is 4. The van der Waals surface area contributed by atoms with Gasteiger partial charge in [0.1, 0.15) is 24.4 Å². The molecule has 0 spiro atoms. The minimum atomic E-state index is -1.56. The molecule has 6 rings (SSSR count). The second kappa shape index (κ2) is 8.98. The van der Waals surface area contributed by atoms with Crippen LogP contribution >= 0.6 is 0 Å². The van der Waals surface area contributed by atoms with Crippen LogP contribution in [0.15, 0.2) is 48.8 Å². The molecule has 5 N–H and O–H groups in total. The zero-order valence-electron chi connectivity index (χ0n) is 19.6. The molecule has 2 aromatic rings. The predicted octanol–water partition coefficient (Wildman–Crippen LogP) is 0.473. The highest BCUT2D eigenvalue weighted by Crippen LogP contribution is 2.48. The van der Waals surface area contributed by atoms with Gasteiger partial charge in [0.05, 0.1) is 24.5 Å². The number of hydrogen-bond acceptors (Lipinski definition) is 8. The molecule has 1 amide bonds. The van der Waals surface area contributed by atoms with E-state index in [4.69, 9.17) is 14.2 Å². The molecule has 1 aromatic heterocycles. The van der Waals surface area contributed by atoms with Gasteiger partial charge in [0.2, 0.25) is 6.29 Å². The number of ether oxygens (including phenoxy) is 3. The Kier molecular flexibility index (Phi) is 5.90. The standard InChI is InChI=1S/C26H30N2O8/c1-2-12-15-9-18-20-14(13-5-3-4-6-17(13)27-20)7-8-28(18)24(33)16(15)11-34-25(12)36-26-23(32)22(31)21(30)19(10-29)35-26/h2-6,11-12,15,18-19,21-23,25-27,29-32H,1,7-10H2/t12?,15-,18+,19-,21-,22+,23-,25+,26+/m1/s1. The molecular formula is C26H30N2O8. The van der Waals surface area contributed by atoms with Crippen LogP contribution in [0, 0.1) is 11.8 Å². The molecule has 10 nitrogen and oxygen atoms in total. The van der Waals surface area contributed by atoms with Gasteiger partial charge in [-0.15, -0.1) is 6.58 Å². The number of H-pyrrole nitrogens is 1. The van der Waals surface area contributed by atoms with Gasteiger partial charge in [-0.1, -0.05) is 24.3 Å². The quantitative estimate of drug-likeness (QED) is 0.383. The number of para-hydroxylation sites is 1. The Hall–Kier alpha value is -2.73. The fourth-order valence-corrected chi connectivity index (χ4v) is 6.13. The summed E-state index contributed by atoms with van der Waals surface area (Å²) in [4.78, 5) is 19.0. The Balaban J connectivity index is 1.28. The maximum absolute atomic E-state index is 13.5. The lowest BCUT2D eigenvalue weighted by molar-refractivity contribution is -0.339. The number of carbonyl (C=O) groups excluding carboxylic acids is 1. The molecule has 0 radical (unpaired) electrons. The lowest BCUT2D eigenvalue weighted by Gasteiger charge is -2.48. The molecule has 9 atom stereocenters. The van der Waals surface area contributed by atoms with Gasteiger partial charge < -0.3 is 44.5 Å². The molecule has 0 bridgehead atoms. The number of aromatic amines is 1. The lowest BCUT2D eigenvalue weighted by atomic mass is 9.74. The Morgan fingerprint density at radius 1 is 1.17 bits per heavy atom. The van der Waals surface area contributed by atoms with Crippen LogP contribution in [-0.2, 0) is 25.4 Å². The highest BCUT2D eigenvalue weighted by Gasteiger charge is 2.51. The van der Waals surface area contributed by atoms with Crippen molar-refractivity contribution >= 4 is 16.8 Å². The van der Waals surface area contributed by atoms with Crippen LogP contribution in [0.4, 0.5) is 0 Å². The maximum Gasteiger partial charge on any atom is 0.253 e. The molecule has 4 aliphatic heterocycles. The summed E-state index contributed by atoms with van der Waals surface area (Å²) < 4.78 is 17.2. The molecular weight excluding hydrogens is 468 g/mol. The second-order valence-electron chi connectivity index (χ2n) is 9.89. The lowest BCUT2D eigenvalue weighted by Crippen LogP contribution is -2.60. The summed E-state index contributed by atoms with van der Waals surface area (Å²) >= 11 is 0. The van der Waals surface area contributed by atoms with Gasteiger partial charge in [-0.25, -0.2) is 0 Å². The number of aliphatic hydroxyl groups is 4. The van der Waals surface area contributed by atoms with Gasteiger partial charge in [0, 0.05) is 35.0 Å². The molecule has 192 valence electrons. The SMILES string of the molecule is C=CC1[C@H](O[C@@H]2O[C@H](CO)[C@@H](O)[C@H](O)[C@H]2O)OC=C2C(=O)N3CCc4c([nH]c5ccccc45)[C@@H]3C[C@@H]21. The third-order valence-electron chi connectivity index (χ3n) is 8.04. The van der Waals surface area contributed by atoms with Gasteiger partial charge in [0.15, 0.2) is 6.29 Å². The van der Waals surface area contributed by atoms with Crippen molar-refractivity contribution in [1.82, 2.24) is 9.88 Å². The first kappa shape index (κ1) is 23.7. The van der Waals surface area contributed by atoms with Gasteiger partial charge in [-0.05, 0) is 24.5 Å². The number of carbonyl (C=O) groups is 1. The van der Waals surface area contributed by atoms with E-state index in [9.17, 15) is 25.2 Å². The molecule has 36 heavy (non-hydrogen) atoms. The highest BCUT2D eigenvalue weighted by molar-refractivity contribution is 5.96. The summed E-state index contributed by atoms with van der Waals surface area (Å²) in [7, 11) is 0. The molecule has 2 saturated heterocycles. The van der Waals surface area contributed by atoms with E-state index in [1.54, 1.807) is 6.08 Å². The average molecular weight is 499 g/mol. The van der Waals surface area contributed by atoms with Gasteiger partial charge in [-0.3, -0.25) is 4.79 Å². The molecule has 1 aromatic carbocycles. The van der Waals surface area contributed by atoms with Gasteiger partial charge >= 0.3 is 0 Å². The molecule has 0 aliphatic carbocycles. The zero-order valence-corrected chi connectivity index (χ0v) is 19.6. The summed E-state index contributed by atoms with van der Waals surface area (Å²) in [5.41, 5.74) is 3.89. The second-order valence-corrected chi connectivity index (χ2v) is 9.89. The summed E-state index contributed by atoms with van der Waals surface area (Å²) in [5.74, 6) is -0.783. The molecule has 5 heterocycles. The number of rotatable bonds is 4. The zero-order chi connectivity index (χ0) is 25.1. The van der Waals surface area contributed by atoms with Gasteiger partial charge in [-0.2, -0.15) is 0 Å². The number of benzene rings is 1. The number of nitrogens with one attached hydrogen (secondary N) is 1. The van der Waals surface area contributed by atoms with Crippen molar-refractivity contribution in [3.8, 4) is 0 Å². The predicted molar refractivity (Wildman–Crippen MR) is 126 cm³/mol. The Morgan fingerprint density at radius 2 is 1.97 bits per heavy atom. The van der Waals surface area contributed by atoms with Crippen molar-refractivity contribution in [2.45, 2.75) is 55.9 Å². The largest absolute Gasteiger partial charge is 0.471 e. The first-order valence-electron chi connectivity index (χ1n) is 12.3. The van der Waals surface area contributed by atoms with E-state index >= 15 is 0 Å². The molecule has 0 saturated carbocycles. The average Bonchev–Trinajstić information content (AvgIpc) is 3.28. The third kappa shape index (κ3) is 3.52. The Labute approximate surface area is 207 Å². The van der Waals surface area contributed by atoms with Crippen molar-refractivity contribution in [1.29, 1.82) is 0 Å². The fraction of sp³-hybridized carbons (Fsp3) is 0.500. The number of amides is 1. The smallest absolute Gasteiger partial charge is 0.253 e. The van der Waals surface area contributed by atoms with Crippen LogP contribution in [0.25, 0.3) is 10.9 Å². The maximum atomic E-state index is 13.5. The van der Waals surface area contributed by atoms with Crippen molar-refractivity contribution in [3.63, 3.8) is 0 Å². The monoisotopic (exact) mass is 498 g/mol. The van der Waals surface area contributed by atoms with Crippen LogP contribution < -0.4 is 0 Å². The van der Waals surface area contributed by atoms with E-state index in [0.717, 1.165) is 17.6 Å². The number of hydrogen-bond donors (Lipinski definition) is 5. The van der Waals surface area contributed by atoms with Crippen molar-refractivity contribution in [2.24, 2.45) is 11.8 Å². The first-order chi connectivity index (χ1) is 17.4. The van der Waals surface area contributed by atoms with Crippen molar-refractivity contribution < 1.29 is 39.4 Å². The van der Waals surface area contributed by atoms with E-state index in [1.165, 1.54) is 17.2 Å². The van der Waals surface area contributed by atoms with Crippen LogP contribution in [-0.4, -0.2) is 86.4 Å². The molecule has 2 fully saturated rings. The summed E-state index contributed by atoms with van der Waals surface area (Å²) in [6, 6.07) is 8.01. The number of piperidine rings is 1. The summed E-state index contributed by atoms with van der Waals surface area (Å²) in [6.07, 6.45) is -3.53. The third-order valence-corrected chi connectivity index (χ3v) is 8.04. The van der Waals surface area contributed by atoms with Crippen molar-refractivity contribution in [2.75, 3.05) is 13.2 Å². The first-order valence-corrected chi connectivity index (χ1v) is 12.3. The molecule has 4 aliphatic rings. The summed E-state index contributed by atoms with van der Waals surface area (Å²) in [6.45, 7) is 4.01. The number of aromatic nitrogens is 1. The van der Waals surface area contributed by atoms with E-state index in [0.29, 0.717) is 18.5 Å². The van der Waals surface area contributed by atoms with E-state index in [2.05, 4.69) is 17.6 Å². The van der Waals surface area contributed by atoms with Gasteiger partial charge in [0.25, 0.3) is 5.91 Å². The number of nitrogens with zero attached hydrogens (tertiary/aromatic N) is 1. The van der Waals surface area contributed by atoms with Crippen LogP contribution in [0.3, 0.4) is 0 Å². The highest BCUT2D eigenvalue weighted by atomic mass is 16.8. The normalized spacial score (nSPS) is 38.0. The van der Waals surface area contributed by atoms with Crippen LogP contribution in [0.1, 0.15) is 23.7 Å². The topological polar surface area (TPSA) is 145 Å². The Morgan fingerprint density at radius 3 is 2.75 bits per heavy atom. The fourth-order valence-electron chi connectivity index (χ4n) is 6.13. The minimum Gasteiger partial charge on any atom is -0.471 e. The minimum absolute atomic E-state index is 0.0845. The summed E-state index contributed by atoms with van der Waals surface area (Å²) in [5, 5.41) is 41.3. The molecule has 1 unspecified atom stereocenters. The van der Waals surface area contributed by atoms with E-state index in [1.807, 2.05) is 23.1 Å². The molecule has 10 heteroatoms. The van der Waals surface area contributed by atoms with Crippen molar-refractivity contribution in [3.05, 3.63) is 60.0 Å². The number of fused-ring (bicyclic) bond motifs is 6. The van der Waals surface area contributed by atoms with Crippen LogP contribution in [0.2, 0.25) is 0 Å². The Bertz CT molecular complexity index is 1210. The van der Waals surface area contributed by atoms with E-state index < -0.39 is 49.5 Å². The van der Waals surface area contributed by atoms with Crippen LogP contribution in [0.5, 0.6) is 0 Å². The van der Waals surface area contributed by atoms with E-state index in [-0.39, 0.29) is 17.9 Å².